The molecule has 0 bridgehead atoms. The smallest absolute Gasteiger partial charge is 0.367 e. The fraction of sp³-hybridized carbons (Fsp3) is 0.556. The molecule has 1 aliphatic heterocycles. The Morgan fingerprint density at radius 3 is 2.33 bits per heavy atom. The summed E-state index contributed by atoms with van der Waals surface area (Å²) in [5.74, 6) is -0.753. The summed E-state index contributed by atoms with van der Waals surface area (Å²) in [5, 5.41) is 8.59. The minimum Gasteiger partial charge on any atom is -0.367 e. The zero-order valence-electron chi connectivity index (χ0n) is 22.7. The fourth-order valence-corrected chi connectivity index (χ4v) is 4.88. The van der Waals surface area contributed by atoms with E-state index in [9.17, 15) is 22.8 Å². The molecule has 0 atom stereocenters. The lowest BCUT2D eigenvalue weighted by Crippen LogP contribution is -2.46. The predicted molar refractivity (Wildman–Crippen MR) is 143 cm³/mol. The maximum absolute atomic E-state index is 13.6. The highest BCUT2D eigenvalue weighted by Crippen LogP contribution is 2.37. The van der Waals surface area contributed by atoms with Crippen LogP contribution >= 0.6 is 0 Å². The molecule has 3 N–H and O–H groups in total. The van der Waals surface area contributed by atoms with Gasteiger partial charge in [0.25, 0.3) is 5.91 Å². The summed E-state index contributed by atoms with van der Waals surface area (Å²) >= 11 is 0. The van der Waals surface area contributed by atoms with E-state index in [1.54, 1.807) is 29.2 Å². The molecular formula is C27H36F3N7O2. The molecule has 212 valence electrons. The van der Waals surface area contributed by atoms with E-state index in [0.29, 0.717) is 24.1 Å². The minimum atomic E-state index is -4.64. The molecule has 1 saturated heterocycles. The second kappa shape index (κ2) is 11.8. The van der Waals surface area contributed by atoms with Crippen LogP contribution in [0.1, 0.15) is 55.5 Å². The number of nitrogens with one attached hydrogen (secondary N) is 3. The van der Waals surface area contributed by atoms with Crippen molar-refractivity contribution in [1.82, 2.24) is 25.1 Å². The summed E-state index contributed by atoms with van der Waals surface area (Å²) in [6.07, 6.45) is -1.21. The summed E-state index contributed by atoms with van der Waals surface area (Å²) in [5.41, 5.74) is 0.0907. The van der Waals surface area contributed by atoms with Gasteiger partial charge in [0.1, 0.15) is 11.4 Å². The number of piperidine rings is 1. The number of carbonyl (C=O) groups is 2. The second-order valence-corrected chi connectivity index (χ2v) is 10.8. The molecule has 0 radical (unpaired) electrons. The van der Waals surface area contributed by atoms with Crippen molar-refractivity contribution in [3.8, 4) is 0 Å². The second-order valence-electron chi connectivity index (χ2n) is 10.8. The fourth-order valence-electron chi connectivity index (χ4n) is 4.88. The molecule has 4 rings (SSSR count). The van der Waals surface area contributed by atoms with E-state index in [1.165, 1.54) is 0 Å². The van der Waals surface area contributed by atoms with Crippen molar-refractivity contribution in [3.05, 3.63) is 41.6 Å². The quantitative estimate of drug-likeness (QED) is 0.457. The van der Waals surface area contributed by atoms with Gasteiger partial charge in [0.15, 0.2) is 0 Å². The number of anilines is 3. The molecule has 1 aromatic carbocycles. The van der Waals surface area contributed by atoms with Gasteiger partial charge in [-0.25, -0.2) is 4.98 Å². The van der Waals surface area contributed by atoms with E-state index in [4.69, 9.17) is 0 Å². The van der Waals surface area contributed by atoms with Crippen molar-refractivity contribution in [2.45, 2.75) is 63.8 Å². The standard InChI is InChI=1S/C27H36F3N7O2/c1-16(2)32-24(38)18-13-20(14-18)33-23-22(27(28,29)30)15-31-26(35-23)34-19-7-5-17(6-8-19)25(39)37(4)21-9-11-36(3)12-10-21/h5-8,15-16,18,20-21H,9-14H2,1-4H3,(H,32,38)(H2,31,33,34,35). The number of alkyl halides is 3. The Kier molecular flexibility index (Phi) is 8.63. The Morgan fingerprint density at radius 2 is 1.74 bits per heavy atom. The minimum absolute atomic E-state index is 0.00381. The largest absolute Gasteiger partial charge is 0.421 e. The van der Waals surface area contributed by atoms with E-state index in [0.717, 1.165) is 32.1 Å². The molecular weight excluding hydrogens is 511 g/mol. The lowest BCUT2D eigenvalue weighted by Gasteiger charge is -2.36. The topological polar surface area (TPSA) is 102 Å². The number of halogens is 3. The summed E-state index contributed by atoms with van der Waals surface area (Å²) in [4.78, 5) is 37.1. The van der Waals surface area contributed by atoms with Crippen molar-refractivity contribution < 1.29 is 22.8 Å². The van der Waals surface area contributed by atoms with Crippen LogP contribution in [0.15, 0.2) is 30.5 Å². The van der Waals surface area contributed by atoms with Crippen molar-refractivity contribution >= 4 is 29.3 Å². The number of likely N-dealkylation sites (tertiary alicyclic amines) is 1. The first kappa shape index (κ1) is 28.6. The van der Waals surface area contributed by atoms with Crippen LogP contribution in [-0.4, -0.2) is 76.9 Å². The highest BCUT2D eigenvalue weighted by molar-refractivity contribution is 5.94. The molecule has 1 aromatic heterocycles. The highest BCUT2D eigenvalue weighted by Gasteiger charge is 2.39. The third-order valence-corrected chi connectivity index (χ3v) is 7.32. The first-order chi connectivity index (χ1) is 18.4. The summed E-state index contributed by atoms with van der Waals surface area (Å²) in [7, 11) is 3.89. The monoisotopic (exact) mass is 547 g/mol. The van der Waals surface area contributed by atoms with Gasteiger partial charge in [-0.2, -0.15) is 18.2 Å². The first-order valence-electron chi connectivity index (χ1n) is 13.2. The molecule has 9 nitrogen and oxygen atoms in total. The van der Waals surface area contributed by atoms with Crippen molar-refractivity contribution in [1.29, 1.82) is 0 Å². The molecule has 12 heteroatoms. The Morgan fingerprint density at radius 1 is 1.10 bits per heavy atom. The molecule has 2 heterocycles. The molecule has 1 aliphatic carbocycles. The van der Waals surface area contributed by atoms with Crippen molar-refractivity contribution in [2.75, 3.05) is 37.8 Å². The normalized spacial score (nSPS) is 20.3. The number of amides is 2. The number of hydrogen-bond donors (Lipinski definition) is 3. The maximum atomic E-state index is 13.6. The Labute approximate surface area is 226 Å². The Bertz CT molecular complexity index is 1160. The molecule has 2 aliphatic rings. The molecule has 39 heavy (non-hydrogen) atoms. The van der Waals surface area contributed by atoms with Crippen LogP contribution in [0.25, 0.3) is 0 Å². The summed E-state index contributed by atoms with van der Waals surface area (Å²) in [6, 6.07) is 6.59. The van der Waals surface area contributed by atoms with Gasteiger partial charge in [-0.3, -0.25) is 9.59 Å². The van der Waals surface area contributed by atoms with Gasteiger partial charge in [0, 0.05) is 48.5 Å². The van der Waals surface area contributed by atoms with Crippen molar-refractivity contribution in [2.24, 2.45) is 5.92 Å². The molecule has 0 unspecified atom stereocenters. The number of benzene rings is 1. The number of rotatable bonds is 8. The van der Waals surface area contributed by atoms with Gasteiger partial charge in [0.05, 0.1) is 0 Å². The highest BCUT2D eigenvalue weighted by atomic mass is 19.4. The molecule has 1 saturated carbocycles. The maximum Gasteiger partial charge on any atom is 0.421 e. The summed E-state index contributed by atoms with van der Waals surface area (Å²) < 4.78 is 40.9. The molecule has 2 aromatic rings. The van der Waals surface area contributed by atoms with Gasteiger partial charge in [-0.05, 0) is 83.9 Å². The van der Waals surface area contributed by atoms with E-state index in [1.807, 2.05) is 20.9 Å². The average Bonchev–Trinajstić information content (AvgIpc) is 2.85. The molecule has 2 amide bonds. The van der Waals surface area contributed by atoms with E-state index in [2.05, 4.69) is 37.9 Å². The lowest BCUT2D eigenvalue weighted by molar-refractivity contribution is -0.137. The van der Waals surface area contributed by atoms with Crippen LogP contribution in [0.3, 0.4) is 0 Å². The number of carbonyl (C=O) groups excluding carboxylic acids is 2. The molecule has 2 fully saturated rings. The average molecular weight is 548 g/mol. The number of nitrogens with zero attached hydrogens (tertiary/aromatic N) is 4. The third kappa shape index (κ3) is 7.17. The number of aromatic nitrogens is 2. The van der Waals surface area contributed by atoms with E-state index >= 15 is 0 Å². The van der Waals surface area contributed by atoms with Gasteiger partial charge in [0.2, 0.25) is 11.9 Å². The van der Waals surface area contributed by atoms with Crippen LogP contribution in [0.5, 0.6) is 0 Å². The lowest BCUT2D eigenvalue weighted by atomic mass is 9.79. The van der Waals surface area contributed by atoms with Crippen LogP contribution in [0, 0.1) is 5.92 Å². The first-order valence-corrected chi connectivity index (χ1v) is 13.2. The van der Waals surface area contributed by atoms with E-state index < -0.39 is 11.7 Å². The Hall–Kier alpha value is -3.41. The van der Waals surface area contributed by atoms with Crippen LogP contribution in [-0.2, 0) is 11.0 Å². The van der Waals surface area contributed by atoms with E-state index in [-0.39, 0.29) is 47.6 Å². The van der Waals surface area contributed by atoms with Crippen LogP contribution in [0.2, 0.25) is 0 Å². The van der Waals surface area contributed by atoms with Gasteiger partial charge in [-0.1, -0.05) is 0 Å². The zero-order valence-corrected chi connectivity index (χ0v) is 22.7. The van der Waals surface area contributed by atoms with Gasteiger partial charge < -0.3 is 25.8 Å². The van der Waals surface area contributed by atoms with Crippen LogP contribution in [0.4, 0.5) is 30.6 Å². The van der Waals surface area contributed by atoms with Crippen LogP contribution < -0.4 is 16.0 Å². The van der Waals surface area contributed by atoms with Gasteiger partial charge in [-0.15, -0.1) is 0 Å². The predicted octanol–water partition coefficient (Wildman–Crippen LogP) is 4.12. The zero-order chi connectivity index (χ0) is 28.3. The third-order valence-electron chi connectivity index (χ3n) is 7.32. The summed E-state index contributed by atoms with van der Waals surface area (Å²) in [6.45, 7) is 5.61. The Balaban J connectivity index is 1.40. The molecule has 0 spiro atoms. The van der Waals surface area contributed by atoms with Crippen molar-refractivity contribution in [3.63, 3.8) is 0 Å². The number of hydrogen-bond acceptors (Lipinski definition) is 7. The van der Waals surface area contributed by atoms with Gasteiger partial charge >= 0.3 is 6.18 Å². The SMILES string of the molecule is CC(C)NC(=O)C1CC(Nc2nc(Nc3ccc(C(=O)N(C)C4CCN(C)CC4)cc3)ncc2C(F)(F)F)C1.